The number of carbonyl (C=O) groups excluding carboxylic acids is 1. The molecule has 28 heavy (non-hydrogen) atoms. The molecule has 3 rings (SSSR count). The Morgan fingerprint density at radius 2 is 1.71 bits per heavy atom. The van der Waals surface area contributed by atoms with Gasteiger partial charge in [0.25, 0.3) is 5.91 Å². The molecule has 0 spiro atoms. The summed E-state index contributed by atoms with van der Waals surface area (Å²) in [5.41, 5.74) is 2.53. The minimum atomic E-state index is -0.180. The highest BCUT2D eigenvalue weighted by Crippen LogP contribution is 2.26. The minimum Gasteiger partial charge on any atom is -0.496 e. The van der Waals surface area contributed by atoms with E-state index in [-0.39, 0.29) is 5.91 Å². The third-order valence-corrected chi connectivity index (χ3v) is 5.10. The number of nitrogens with one attached hydrogen (secondary N) is 1. The first-order valence-corrected chi connectivity index (χ1v) is 10.2. The Labute approximate surface area is 179 Å². The first-order valence-electron chi connectivity index (χ1n) is 9.08. The second-order valence-corrected chi connectivity index (χ2v) is 7.40. The summed E-state index contributed by atoms with van der Waals surface area (Å²) in [5, 5.41) is 2.94. The van der Waals surface area contributed by atoms with E-state index in [1.807, 2.05) is 42.5 Å². The van der Waals surface area contributed by atoms with E-state index in [0.29, 0.717) is 23.6 Å². The topological polar surface area (TPSA) is 47.6 Å². The van der Waals surface area contributed by atoms with E-state index in [2.05, 4.69) is 40.0 Å². The lowest BCUT2D eigenvalue weighted by Gasteiger charge is -2.13. The lowest BCUT2D eigenvalue weighted by atomic mass is 10.1. The highest BCUT2D eigenvalue weighted by molar-refractivity contribution is 14.1. The molecule has 0 aromatic heterocycles. The number of hydrogen-bond acceptors (Lipinski definition) is 3. The minimum absolute atomic E-state index is 0.180. The van der Waals surface area contributed by atoms with Crippen LogP contribution in [-0.2, 0) is 6.42 Å². The number of amides is 1. The van der Waals surface area contributed by atoms with Crippen molar-refractivity contribution >= 4 is 34.2 Å². The number of ether oxygens (including phenoxy) is 2. The summed E-state index contributed by atoms with van der Waals surface area (Å²) in [6.45, 7) is 0.586. The second-order valence-electron chi connectivity index (χ2n) is 6.24. The quantitative estimate of drug-likeness (QED) is 0.334. The van der Waals surface area contributed by atoms with Gasteiger partial charge in [-0.1, -0.05) is 42.5 Å². The SMILES string of the molecule is COc1ccc(C(=O)Nc2ccccc2OCCCc2ccccc2)cc1I. The van der Waals surface area contributed by atoms with Gasteiger partial charge in [0.15, 0.2) is 0 Å². The zero-order chi connectivity index (χ0) is 19.8. The fourth-order valence-electron chi connectivity index (χ4n) is 2.80. The van der Waals surface area contributed by atoms with Crippen LogP contribution in [0.1, 0.15) is 22.3 Å². The van der Waals surface area contributed by atoms with Gasteiger partial charge in [0, 0.05) is 5.56 Å². The first-order chi connectivity index (χ1) is 13.7. The van der Waals surface area contributed by atoms with Crippen molar-refractivity contribution < 1.29 is 14.3 Å². The normalized spacial score (nSPS) is 10.4. The average Bonchev–Trinajstić information content (AvgIpc) is 2.73. The molecule has 0 saturated carbocycles. The predicted octanol–water partition coefficient (Wildman–Crippen LogP) is 5.56. The third-order valence-electron chi connectivity index (χ3n) is 4.26. The number of anilines is 1. The largest absolute Gasteiger partial charge is 0.496 e. The van der Waals surface area contributed by atoms with E-state index in [0.717, 1.165) is 22.2 Å². The van der Waals surface area contributed by atoms with Crippen molar-refractivity contribution in [2.75, 3.05) is 19.0 Å². The van der Waals surface area contributed by atoms with E-state index in [9.17, 15) is 4.79 Å². The molecule has 144 valence electrons. The second kappa shape index (κ2) is 10.1. The molecular formula is C23H22INO3. The number of hydrogen-bond donors (Lipinski definition) is 1. The van der Waals surface area contributed by atoms with Gasteiger partial charge in [0.1, 0.15) is 11.5 Å². The molecule has 1 amide bonds. The Kier molecular flexibility index (Phi) is 7.31. The van der Waals surface area contributed by atoms with Crippen molar-refractivity contribution in [1.82, 2.24) is 0 Å². The monoisotopic (exact) mass is 487 g/mol. The maximum absolute atomic E-state index is 12.6. The molecule has 0 saturated heterocycles. The van der Waals surface area contributed by atoms with Crippen molar-refractivity contribution in [1.29, 1.82) is 0 Å². The van der Waals surface area contributed by atoms with Crippen LogP contribution in [0, 0.1) is 3.57 Å². The van der Waals surface area contributed by atoms with Crippen LogP contribution in [-0.4, -0.2) is 19.6 Å². The van der Waals surface area contributed by atoms with Crippen LogP contribution in [0.5, 0.6) is 11.5 Å². The number of methoxy groups -OCH3 is 1. The molecule has 0 fully saturated rings. The smallest absolute Gasteiger partial charge is 0.255 e. The molecule has 0 bridgehead atoms. The lowest BCUT2D eigenvalue weighted by molar-refractivity contribution is 0.102. The Morgan fingerprint density at radius 3 is 2.46 bits per heavy atom. The predicted molar refractivity (Wildman–Crippen MR) is 120 cm³/mol. The maximum atomic E-state index is 12.6. The van der Waals surface area contributed by atoms with Gasteiger partial charge in [-0.05, 0) is 71.3 Å². The summed E-state index contributed by atoms with van der Waals surface area (Å²) in [6, 6.07) is 23.2. The van der Waals surface area contributed by atoms with Gasteiger partial charge in [0.2, 0.25) is 0 Å². The fraction of sp³-hybridized carbons (Fsp3) is 0.174. The van der Waals surface area contributed by atoms with E-state index >= 15 is 0 Å². The highest BCUT2D eigenvalue weighted by Gasteiger charge is 2.12. The number of rotatable bonds is 8. The Balaban J connectivity index is 1.60. The molecule has 5 heteroatoms. The van der Waals surface area contributed by atoms with Gasteiger partial charge in [0.05, 0.1) is 23.0 Å². The number of carbonyl (C=O) groups is 1. The van der Waals surface area contributed by atoms with E-state index < -0.39 is 0 Å². The van der Waals surface area contributed by atoms with Gasteiger partial charge in [-0.2, -0.15) is 0 Å². The van der Waals surface area contributed by atoms with Crippen molar-refractivity contribution in [3.8, 4) is 11.5 Å². The molecule has 0 aliphatic rings. The fourth-order valence-corrected chi connectivity index (χ4v) is 3.54. The number of para-hydroxylation sites is 2. The zero-order valence-corrected chi connectivity index (χ0v) is 17.8. The van der Waals surface area contributed by atoms with E-state index in [4.69, 9.17) is 9.47 Å². The average molecular weight is 487 g/mol. The molecule has 0 radical (unpaired) electrons. The summed E-state index contributed by atoms with van der Waals surface area (Å²) in [7, 11) is 1.61. The number of halogens is 1. The highest BCUT2D eigenvalue weighted by atomic mass is 127. The van der Waals surface area contributed by atoms with Gasteiger partial charge in [-0.15, -0.1) is 0 Å². The van der Waals surface area contributed by atoms with Crippen molar-refractivity contribution in [2.45, 2.75) is 12.8 Å². The maximum Gasteiger partial charge on any atom is 0.255 e. The van der Waals surface area contributed by atoms with Gasteiger partial charge >= 0.3 is 0 Å². The van der Waals surface area contributed by atoms with Crippen LogP contribution >= 0.6 is 22.6 Å². The Bertz CT molecular complexity index is 928. The Morgan fingerprint density at radius 1 is 0.964 bits per heavy atom. The molecule has 3 aromatic rings. The molecule has 0 heterocycles. The van der Waals surface area contributed by atoms with E-state index in [1.165, 1.54) is 5.56 Å². The van der Waals surface area contributed by atoms with Gasteiger partial charge in [-0.25, -0.2) is 0 Å². The summed E-state index contributed by atoms with van der Waals surface area (Å²) < 4.78 is 12.1. The summed E-state index contributed by atoms with van der Waals surface area (Å²) in [5.74, 6) is 1.24. The van der Waals surface area contributed by atoms with Gasteiger partial charge in [-0.3, -0.25) is 4.79 Å². The van der Waals surface area contributed by atoms with Crippen molar-refractivity contribution in [3.05, 3.63) is 87.5 Å². The molecule has 4 nitrogen and oxygen atoms in total. The Hall–Kier alpha value is -2.54. The standard InChI is InChI=1S/C23H22INO3/c1-27-21-14-13-18(16-19(21)24)23(26)25-20-11-5-6-12-22(20)28-15-7-10-17-8-3-2-4-9-17/h2-6,8-9,11-14,16H,7,10,15H2,1H3,(H,25,26). The number of benzene rings is 3. The molecule has 0 aliphatic heterocycles. The van der Waals surface area contributed by atoms with E-state index in [1.54, 1.807) is 25.3 Å². The lowest BCUT2D eigenvalue weighted by Crippen LogP contribution is -2.13. The molecular weight excluding hydrogens is 465 g/mol. The van der Waals surface area contributed by atoms with Crippen LogP contribution in [0.3, 0.4) is 0 Å². The molecule has 0 unspecified atom stereocenters. The van der Waals surface area contributed by atoms with Crippen molar-refractivity contribution in [2.24, 2.45) is 0 Å². The number of aryl methyl sites for hydroxylation is 1. The van der Waals surface area contributed by atoms with Gasteiger partial charge < -0.3 is 14.8 Å². The van der Waals surface area contributed by atoms with Crippen LogP contribution in [0.2, 0.25) is 0 Å². The first kappa shape index (κ1) is 20.2. The summed E-state index contributed by atoms with van der Waals surface area (Å²) >= 11 is 2.15. The third kappa shape index (κ3) is 5.48. The van der Waals surface area contributed by atoms with Crippen LogP contribution in [0.4, 0.5) is 5.69 Å². The molecule has 1 N–H and O–H groups in total. The summed E-state index contributed by atoms with van der Waals surface area (Å²) in [6.07, 6.45) is 1.86. The van der Waals surface area contributed by atoms with Crippen LogP contribution in [0.25, 0.3) is 0 Å². The van der Waals surface area contributed by atoms with Crippen LogP contribution < -0.4 is 14.8 Å². The molecule has 0 atom stereocenters. The molecule has 0 aliphatic carbocycles. The molecule has 3 aromatic carbocycles. The van der Waals surface area contributed by atoms with Crippen LogP contribution in [0.15, 0.2) is 72.8 Å². The van der Waals surface area contributed by atoms with Crippen molar-refractivity contribution in [3.63, 3.8) is 0 Å². The zero-order valence-electron chi connectivity index (χ0n) is 15.7. The summed E-state index contributed by atoms with van der Waals surface area (Å²) in [4.78, 5) is 12.6.